The molecule has 1 saturated carbocycles. The number of oxime groups is 1. The standard InChI is InChI=1S/C41H54ClN3O9/c1-4-22-51-41-36(45(3)40(49)50-23-19-42)26-34(44-52-5-2)32-24-29(15-9-11-20-46)31(16-10-12-21-47)37(38(32)41)33-25-30(17-18-35(33)54-41)53-39(48)43-27-28-13-7-6-8-14-28/h4,6-8,13-14,17-18,24-25,29,31,36-38,46-47H,1,5,9-12,15-16,19-23,26-27H2,2-3H3,(H,43,48)/t29-,31+,36-,37+,38+,41+/m0/s1. The van der Waals surface area contributed by atoms with Gasteiger partial charge in [0, 0.05) is 44.7 Å². The molecule has 2 aromatic carbocycles. The van der Waals surface area contributed by atoms with Gasteiger partial charge in [0.1, 0.15) is 30.8 Å². The molecule has 0 radical (unpaired) electrons. The molecule has 6 atom stereocenters. The molecule has 0 aromatic heterocycles. The van der Waals surface area contributed by atoms with Gasteiger partial charge in [0.25, 0.3) is 0 Å². The molecule has 3 N–H and O–H groups in total. The number of amides is 2. The monoisotopic (exact) mass is 767 g/mol. The van der Waals surface area contributed by atoms with Crippen LogP contribution in [-0.4, -0.2) is 90.8 Å². The predicted octanol–water partition coefficient (Wildman–Crippen LogP) is 6.94. The van der Waals surface area contributed by atoms with E-state index in [-0.39, 0.29) is 56.5 Å². The second-order valence-electron chi connectivity index (χ2n) is 13.8. The summed E-state index contributed by atoms with van der Waals surface area (Å²) in [5.74, 6) is -1.08. The van der Waals surface area contributed by atoms with E-state index < -0.39 is 29.9 Å². The number of likely N-dealkylation sites (N-methyl/N-ethyl adjacent to an activating group) is 1. The fraction of sp³-hybridized carbons (Fsp3) is 0.537. The number of hydrogen-bond donors (Lipinski definition) is 3. The minimum atomic E-state index is -1.42. The van der Waals surface area contributed by atoms with E-state index >= 15 is 0 Å². The van der Waals surface area contributed by atoms with Gasteiger partial charge < -0.3 is 44.2 Å². The lowest BCUT2D eigenvalue weighted by molar-refractivity contribution is -0.253. The van der Waals surface area contributed by atoms with Crippen LogP contribution >= 0.6 is 11.6 Å². The summed E-state index contributed by atoms with van der Waals surface area (Å²) in [6.07, 6.45) is 7.44. The number of aliphatic hydroxyl groups excluding tert-OH is 2. The van der Waals surface area contributed by atoms with Crippen molar-refractivity contribution < 1.29 is 43.6 Å². The van der Waals surface area contributed by atoms with Gasteiger partial charge in [-0.2, -0.15) is 0 Å². The molecule has 13 heteroatoms. The van der Waals surface area contributed by atoms with Gasteiger partial charge in [0.15, 0.2) is 0 Å². The minimum Gasteiger partial charge on any atom is -0.459 e. The highest BCUT2D eigenvalue weighted by Crippen LogP contribution is 2.61. The third-order valence-electron chi connectivity index (χ3n) is 10.5. The van der Waals surface area contributed by atoms with Gasteiger partial charge >= 0.3 is 12.2 Å². The van der Waals surface area contributed by atoms with E-state index in [1.165, 1.54) is 4.90 Å². The number of unbranched alkanes of at least 4 members (excludes halogenated alkanes) is 2. The molecule has 1 heterocycles. The van der Waals surface area contributed by atoms with Crippen LogP contribution in [0.2, 0.25) is 0 Å². The van der Waals surface area contributed by atoms with Gasteiger partial charge in [-0.1, -0.05) is 60.5 Å². The second-order valence-corrected chi connectivity index (χ2v) is 14.2. The molecule has 0 spiro atoms. The lowest BCUT2D eigenvalue weighted by Gasteiger charge is -2.59. The summed E-state index contributed by atoms with van der Waals surface area (Å²) in [6, 6.07) is 14.2. The fourth-order valence-electron chi connectivity index (χ4n) is 8.20. The largest absolute Gasteiger partial charge is 0.459 e. The molecular formula is C41H54ClN3O9. The second kappa shape index (κ2) is 20.0. The smallest absolute Gasteiger partial charge is 0.412 e. The van der Waals surface area contributed by atoms with E-state index in [4.69, 9.17) is 35.4 Å². The van der Waals surface area contributed by atoms with E-state index in [9.17, 15) is 19.8 Å². The van der Waals surface area contributed by atoms with Crippen molar-refractivity contribution in [2.75, 3.05) is 46.0 Å². The van der Waals surface area contributed by atoms with Gasteiger partial charge in [-0.05, 0) is 73.8 Å². The molecule has 1 aliphatic heterocycles. The molecule has 0 saturated heterocycles. The van der Waals surface area contributed by atoms with Crippen molar-refractivity contribution in [1.29, 1.82) is 0 Å². The van der Waals surface area contributed by atoms with Gasteiger partial charge in [-0.3, -0.25) is 0 Å². The maximum absolute atomic E-state index is 13.6. The van der Waals surface area contributed by atoms with Gasteiger partial charge in [0.2, 0.25) is 5.79 Å². The molecule has 2 aromatic rings. The van der Waals surface area contributed by atoms with Crippen molar-refractivity contribution in [3.63, 3.8) is 0 Å². The average Bonchev–Trinajstić information content (AvgIpc) is 3.19. The number of carbonyl (C=O) groups excluding carboxylic acids is 2. The molecule has 294 valence electrons. The molecule has 2 aliphatic carbocycles. The van der Waals surface area contributed by atoms with Crippen molar-refractivity contribution in [1.82, 2.24) is 10.2 Å². The average molecular weight is 768 g/mol. The van der Waals surface area contributed by atoms with Crippen LogP contribution in [0.1, 0.15) is 68.9 Å². The Morgan fingerprint density at radius 3 is 2.57 bits per heavy atom. The van der Waals surface area contributed by atoms with Crippen LogP contribution in [0.25, 0.3) is 0 Å². The van der Waals surface area contributed by atoms with Crippen LogP contribution in [0, 0.1) is 17.8 Å². The minimum absolute atomic E-state index is 0.0149. The summed E-state index contributed by atoms with van der Waals surface area (Å²) < 4.78 is 25.3. The molecule has 3 aliphatic rings. The van der Waals surface area contributed by atoms with Crippen molar-refractivity contribution in [2.24, 2.45) is 22.9 Å². The first kappa shape index (κ1) is 41.1. The first-order valence-electron chi connectivity index (χ1n) is 19.0. The lowest BCUT2D eigenvalue weighted by atomic mass is 9.55. The molecule has 0 unspecified atom stereocenters. The Balaban J connectivity index is 1.66. The summed E-state index contributed by atoms with van der Waals surface area (Å²) >= 11 is 5.90. The third-order valence-corrected chi connectivity index (χ3v) is 10.7. The van der Waals surface area contributed by atoms with E-state index in [2.05, 4.69) is 23.1 Å². The number of benzene rings is 2. The fourth-order valence-corrected chi connectivity index (χ4v) is 8.28. The number of ether oxygens (including phenoxy) is 4. The summed E-state index contributed by atoms with van der Waals surface area (Å²) in [7, 11) is 1.66. The normalized spacial score (nSPS) is 24.6. The lowest BCUT2D eigenvalue weighted by Crippen LogP contribution is -2.69. The number of allylic oxidation sites excluding steroid dienone is 1. The van der Waals surface area contributed by atoms with Crippen molar-refractivity contribution in [3.05, 3.63) is 84.0 Å². The van der Waals surface area contributed by atoms with Gasteiger partial charge in [-0.15, -0.1) is 18.2 Å². The number of aliphatic hydroxyl groups is 2. The first-order valence-corrected chi connectivity index (χ1v) is 19.5. The zero-order chi connectivity index (χ0) is 38.5. The van der Waals surface area contributed by atoms with E-state index in [1.807, 2.05) is 43.3 Å². The SMILES string of the molecule is C=CCO[C@@]12Oc3ccc(OC(=O)NCc4ccccc4)cc3[C@H]3[C@H](CCCCO)[C@@H](CCCCO)C=C(C(=NOCC)C[C@@H]1N(C)C(=O)OCCCl)[C@H]32. The zero-order valence-electron chi connectivity index (χ0n) is 31.3. The Morgan fingerprint density at radius 2 is 1.87 bits per heavy atom. The Kier molecular flexibility index (Phi) is 15.2. The summed E-state index contributed by atoms with van der Waals surface area (Å²) in [4.78, 5) is 33.8. The van der Waals surface area contributed by atoms with Crippen LogP contribution in [0.15, 0.2) is 78.0 Å². The molecular weight excluding hydrogens is 714 g/mol. The van der Waals surface area contributed by atoms with E-state index in [0.717, 1.165) is 42.4 Å². The van der Waals surface area contributed by atoms with Crippen molar-refractivity contribution >= 4 is 29.5 Å². The third kappa shape index (κ3) is 9.39. The summed E-state index contributed by atoms with van der Waals surface area (Å²) in [5.41, 5.74) is 3.35. The highest BCUT2D eigenvalue weighted by molar-refractivity contribution is 6.18. The summed E-state index contributed by atoms with van der Waals surface area (Å²) in [5, 5.41) is 27.0. The number of hydrogen-bond acceptors (Lipinski definition) is 10. The number of fused-ring (bicyclic) bond motifs is 2. The number of halogens is 1. The van der Waals surface area contributed by atoms with Crippen molar-refractivity contribution in [2.45, 2.75) is 76.2 Å². The van der Waals surface area contributed by atoms with Crippen LogP contribution in [0.4, 0.5) is 9.59 Å². The number of nitrogens with one attached hydrogen (secondary N) is 1. The van der Waals surface area contributed by atoms with Crippen LogP contribution < -0.4 is 14.8 Å². The Bertz CT molecular complexity index is 1620. The van der Waals surface area contributed by atoms with Gasteiger partial charge in [0.05, 0.1) is 24.1 Å². The van der Waals surface area contributed by atoms with E-state index in [0.29, 0.717) is 43.2 Å². The number of alkyl halides is 1. The maximum atomic E-state index is 13.6. The molecule has 54 heavy (non-hydrogen) atoms. The summed E-state index contributed by atoms with van der Waals surface area (Å²) in [6.45, 7) is 6.77. The molecule has 12 nitrogen and oxygen atoms in total. The molecule has 2 amide bonds. The van der Waals surface area contributed by atoms with Crippen LogP contribution in [-0.2, 0) is 20.9 Å². The van der Waals surface area contributed by atoms with Crippen LogP contribution in [0.5, 0.6) is 11.5 Å². The van der Waals surface area contributed by atoms with Gasteiger partial charge in [-0.25, -0.2) is 9.59 Å². The molecule has 0 bridgehead atoms. The van der Waals surface area contributed by atoms with Crippen LogP contribution in [0.3, 0.4) is 0 Å². The number of nitrogens with zero attached hydrogens (tertiary/aromatic N) is 2. The quantitative estimate of drug-likeness (QED) is 0.0599. The molecule has 1 fully saturated rings. The zero-order valence-corrected chi connectivity index (χ0v) is 32.0. The van der Waals surface area contributed by atoms with E-state index in [1.54, 1.807) is 25.3 Å². The number of rotatable bonds is 19. The van der Waals surface area contributed by atoms with Crippen molar-refractivity contribution in [3.8, 4) is 11.5 Å². The predicted molar refractivity (Wildman–Crippen MR) is 206 cm³/mol. The Hall–Kier alpha value is -4.10. The highest BCUT2D eigenvalue weighted by Gasteiger charge is 2.65. The highest BCUT2D eigenvalue weighted by atomic mass is 35.5. The number of carbonyl (C=O) groups is 2. The topological polar surface area (TPSA) is 148 Å². The first-order chi connectivity index (χ1) is 26.3. The Labute approximate surface area is 323 Å². The Morgan fingerprint density at radius 1 is 1.11 bits per heavy atom. The maximum Gasteiger partial charge on any atom is 0.412 e. The molecule has 5 rings (SSSR count).